The summed E-state index contributed by atoms with van der Waals surface area (Å²) in [6, 6.07) is 12.7. The van der Waals surface area contributed by atoms with Crippen molar-refractivity contribution >= 4 is 17.5 Å². The molecule has 2 aromatic heterocycles. The minimum Gasteiger partial charge on any atom is -0.458 e. The molecular weight excluding hydrogens is 482 g/mol. The first kappa shape index (κ1) is 25.7. The van der Waals surface area contributed by atoms with E-state index in [4.69, 9.17) is 4.42 Å². The summed E-state index contributed by atoms with van der Waals surface area (Å²) >= 11 is 0. The third kappa shape index (κ3) is 6.24. The highest BCUT2D eigenvalue weighted by Crippen LogP contribution is 2.30. The fraction of sp³-hybridized carbons (Fsp3) is 0.269. The van der Waals surface area contributed by atoms with E-state index in [9.17, 15) is 18.4 Å². The average molecular weight is 509 g/mol. The van der Waals surface area contributed by atoms with Gasteiger partial charge in [0.1, 0.15) is 30.0 Å². The van der Waals surface area contributed by atoms with Crippen molar-refractivity contribution in [3.05, 3.63) is 83.6 Å². The van der Waals surface area contributed by atoms with Crippen LogP contribution in [-0.4, -0.2) is 37.6 Å². The Labute approximate surface area is 212 Å². The second-order valence-electron chi connectivity index (χ2n) is 9.49. The van der Waals surface area contributed by atoms with E-state index in [0.29, 0.717) is 17.1 Å². The Morgan fingerprint density at radius 2 is 1.78 bits per heavy atom. The summed E-state index contributed by atoms with van der Waals surface area (Å²) < 4.78 is 33.5. The van der Waals surface area contributed by atoms with Crippen LogP contribution in [0.1, 0.15) is 38.1 Å². The van der Waals surface area contributed by atoms with Gasteiger partial charge in [-0.05, 0) is 80.9 Å². The summed E-state index contributed by atoms with van der Waals surface area (Å²) in [7, 11) is 0. The Morgan fingerprint density at radius 3 is 2.41 bits per heavy atom. The molecule has 0 spiro atoms. The number of tetrazole rings is 1. The topological polar surface area (TPSA) is 106 Å². The second-order valence-corrected chi connectivity index (χ2v) is 9.49. The Hall–Kier alpha value is -4.41. The maximum atomic E-state index is 14.3. The zero-order chi connectivity index (χ0) is 26.7. The van der Waals surface area contributed by atoms with Crippen LogP contribution >= 0.6 is 0 Å². The fourth-order valence-corrected chi connectivity index (χ4v) is 3.72. The summed E-state index contributed by atoms with van der Waals surface area (Å²) in [6.07, 6.45) is 0. The van der Waals surface area contributed by atoms with E-state index in [1.165, 1.54) is 42.5 Å². The Bertz CT molecular complexity index is 1410. The maximum absolute atomic E-state index is 14.3. The van der Waals surface area contributed by atoms with Crippen molar-refractivity contribution in [1.29, 1.82) is 0 Å². The first-order valence-electron chi connectivity index (χ1n) is 11.5. The van der Waals surface area contributed by atoms with E-state index in [1.54, 1.807) is 39.8 Å². The van der Waals surface area contributed by atoms with E-state index in [-0.39, 0.29) is 11.5 Å². The third-order valence-corrected chi connectivity index (χ3v) is 5.24. The quantitative estimate of drug-likeness (QED) is 0.401. The monoisotopic (exact) mass is 508 g/mol. The second kappa shape index (κ2) is 10.3. The van der Waals surface area contributed by atoms with Crippen molar-refractivity contribution in [2.24, 2.45) is 0 Å². The first-order chi connectivity index (χ1) is 17.5. The van der Waals surface area contributed by atoms with Crippen molar-refractivity contribution < 1.29 is 22.8 Å². The number of furan rings is 1. The number of hydrogen-bond donors (Lipinski definition) is 1. The molecule has 0 unspecified atom stereocenters. The molecule has 2 heterocycles. The number of nitrogens with one attached hydrogen (secondary N) is 1. The molecule has 2 amide bonds. The molecule has 4 rings (SSSR count). The number of anilines is 1. The van der Waals surface area contributed by atoms with Gasteiger partial charge in [0, 0.05) is 11.2 Å². The van der Waals surface area contributed by atoms with E-state index < -0.39 is 41.6 Å². The average Bonchev–Trinajstić information content (AvgIpc) is 3.45. The summed E-state index contributed by atoms with van der Waals surface area (Å²) in [5, 5.41) is 14.9. The number of carbonyl (C=O) groups excluding carboxylic acids is 2. The number of nitrogens with zero attached hydrogens (tertiary/aromatic N) is 5. The van der Waals surface area contributed by atoms with E-state index in [1.807, 2.05) is 0 Å². The van der Waals surface area contributed by atoms with Gasteiger partial charge in [0.15, 0.2) is 5.76 Å². The number of hydrogen-bond acceptors (Lipinski definition) is 6. The van der Waals surface area contributed by atoms with Gasteiger partial charge < -0.3 is 9.73 Å². The number of aromatic nitrogens is 4. The number of halogens is 2. The first-order valence-corrected chi connectivity index (χ1v) is 11.5. The van der Waals surface area contributed by atoms with Crippen LogP contribution in [0.5, 0.6) is 0 Å². The standard InChI is InChI=1S/C26H26F2N6O3/c1-16-8-13-21(37-16)24-30-32-33(31-24)15-22(35)34(20-7-5-6-19(28)14-20)23(25(36)29-26(2,3)4)17-9-11-18(27)12-10-17/h5-14,23H,15H2,1-4H3,(H,29,36)/t23-/m0/s1. The van der Waals surface area contributed by atoms with Crippen molar-refractivity contribution in [1.82, 2.24) is 25.5 Å². The lowest BCUT2D eigenvalue weighted by molar-refractivity contribution is -0.128. The van der Waals surface area contributed by atoms with Gasteiger partial charge in [-0.2, -0.15) is 4.80 Å². The highest BCUT2D eigenvalue weighted by molar-refractivity contribution is 6.01. The van der Waals surface area contributed by atoms with Gasteiger partial charge in [-0.25, -0.2) is 8.78 Å². The molecular formula is C26H26F2N6O3. The summed E-state index contributed by atoms with van der Waals surface area (Å²) in [5.74, 6) is -1.04. The molecule has 0 bridgehead atoms. The number of aryl methyl sites for hydroxylation is 1. The van der Waals surface area contributed by atoms with E-state index >= 15 is 0 Å². The van der Waals surface area contributed by atoms with Gasteiger partial charge in [-0.15, -0.1) is 10.2 Å². The molecule has 0 fully saturated rings. The highest BCUT2D eigenvalue weighted by atomic mass is 19.1. The molecule has 4 aromatic rings. The minimum atomic E-state index is -1.25. The molecule has 0 saturated heterocycles. The molecule has 192 valence electrons. The summed E-state index contributed by atoms with van der Waals surface area (Å²) in [6.45, 7) is 6.73. The van der Waals surface area contributed by atoms with Crippen LogP contribution in [0.2, 0.25) is 0 Å². The number of carbonyl (C=O) groups is 2. The van der Waals surface area contributed by atoms with Crippen LogP contribution < -0.4 is 10.2 Å². The molecule has 0 aliphatic rings. The van der Waals surface area contributed by atoms with Crippen LogP contribution in [0.25, 0.3) is 11.6 Å². The van der Waals surface area contributed by atoms with Gasteiger partial charge in [-0.1, -0.05) is 18.2 Å². The smallest absolute Gasteiger partial charge is 0.251 e. The molecule has 11 heteroatoms. The van der Waals surface area contributed by atoms with Crippen molar-refractivity contribution in [3.8, 4) is 11.6 Å². The molecule has 0 radical (unpaired) electrons. The lowest BCUT2D eigenvalue weighted by atomic mass is 10.0. The Balaban J connectivity index is 1.75. The molecule has 2 aromatic carbocycles. The van der Waals surface area contributed by atoms with Crippen LogP contribution in [0.3, 0.4) is 0 Å². The van der Waals surface area contributed by atoms with Gasteiger partial charge in [0.25, 0.3) is 5.91 Å². The molecule has 0 aliphatic carbocycles. The predicted molar refractivity (Wildman–Crippen MR) is 131 cm³/mol. The van der Waals surface area contributed by atoms with Crippen molar-refractivity contribution in [2.75, 3.05) is 4.90 Å². The van der Waals surface area contributed by atoms with Gasteiger partial charge in [0.2, 0.25) is 11.7 Å². The molecule has 9 nitrogen and oxygen atoms in total. The molecule has 1 atom stereocenters. The van der Waals surface area contributed by atoms with Crippen LogP contribution in [0.4, 0.5) is 14.5 Å². The lowest BCUT2D eigenvalue weighted by Gasteiger charge is -2.33. The Morgan fingerprint density at radius 1 is 1.05 bits per heavy atom. The molecule has 37 heavy (non-hydrogen) atoms. The maximum Gasteiger partial charge on any atom is 0.251 e. The predicted octanol–water partition coefficient (Wildman–Crippen LogP) is 4.21. The number of amides is 2. The largest absolute Gasteiger partial charge is 0.458 e. The lowest BCUT2D eigenvalue weighted by Crippen LogP contribution is -2.50. The highest BCUT2D eigenvalue weighted by Gasteiger charge is 2.35. The zero-order valence-corrected chi connectivity index (χ0v) is 20.8. The number of benzene rings is 2. The number of rotatable bonds is 7. The molecule has 1 N–H and O–H groups in total. The SMILES string of the molecule is Cc1ccc(-c2nnn(CC(=O)N(c3cccc(F)c3)[C@H](C(=O)NC(C)(C)C)c3ccc(F)cc3)n2)o1. The summed E-state index contributed by atoms with van der Waals surface area (Å²) in [5.41, 5.74) is -0.181. The van der Waals surface area contributed by atoms with Crippen molar-refractivity contribution in [3.63, 3.8) is 0 Å². The van der Waals surface area contributed by atoms with E-state index in [2.05, 4.69) is 20.7 Å². The Kier molecular flexibility index (Phi) is 7.14. The van der Waals surface area contributed by atoms with Crippen LogP contribution in [0.15, 0.2) is 65.1 Å². The molecule has 0 saturated carbocycles. The minimum absolute atomic E-state index is 0.130. The van der Waals surface area contributed by atoms with Gasteiger partial charge in [-0.3, -0.25) is 14.5 Å². The van der Waals surface area contributed by atoms with Crippen molar-refractivity contribution in [2.45, 2.75) is 45.8 Å². The van der Waals surface area contributed by atoms with Crippen LogP contribution in [-0.2, 0) is 16.1 Å². The normalized spacial score (nSPS) is 12.3. The molecule has 0 aliphatic heterocycles. The van der Waals surface area contributed by atoms with Gasteiger partial charge in [0.05, 0.1) is 0 Å². The van der Waals surface area contributed by atoms with Gasteiger partial charge >= 0.3 is 0 Å². The zero-order valence-electron chi connectivity index (χ0n) is 20.8. The van der Waals surface area contributed by atoms with E-state index in [0.717, 1.165) is 15.8 Å². The summed E-state index contributed by atoms with van der Waals surface area (Å²) in [4.78, 5) is 29.5. The third-order valence-electron chi connectivity index (χ3n) is 5.24. The fourth-order valence-electron chi connectivity index (χ4n) is 3.72. The van der Waals surface area contributed by atoms with Crippen LogP contribution in [0, 0.1) is 18.6 Å².